The highest BCUT2D eigenvalue weighted by Gasteiger charge is 2.30. The van der Waals surface area contributed by atoms with Gasteiger partial charge in [0.1, 0.15) is 19.3 Å². The van der Waals surface area contributed by atoms with Crippen LogP contribution in [0.4, 0.5) is 11.4 Å². The second-order valence-corrected chi connectivity index (χ2v) is 8.48. The van der Waals surface area contributed by atoms with E-state index in [0.717, 1.165) is 10.6 Å². The van der Waals surface area contributed by atoms with Crippen LogP contribution < -0.4 is 19.1 Å². The molecular weight excluding hydrogens is 412 g/mol. The largest absolute Gasteiger partial charge is 0.486 e. The Bertz CT molecular complexity index is 1070. The summed E-state index contributed by atoms with van der Waals surface area (Å²) >= 11 is 0. The van der Waals surface area contributed by atoms with E-state index < -0.39 is 27.9 Å². The smallest absolute Gasteiger partial charge is 0.337 e. The van der Waals surface area contributed by atoms with Crippen molar-refractivity contribution in [2.75, 3.05) is 36.2 Å². The predicted octanol–water partition coefficient (Wildman–Crippen LogP) is 2.04. The van der Waals surface area contributed by atoms with Crippen LogP contribution in [0.2, 0.25) is 0 Å². The average molecular weight is 434 g/mol. The van der Waals surface area contributed by atoms with Crippen LogP contribution in [0.3, 0.4) is 0 Å². The molecule has 0 unspecified atom stereocenters. The molecule has 0 spiro atoms. The van der Waals surface area contributed by atoms with Crippen LogP contribution in [0.25, 0.3) is 0 Å². The van der Waals surface area contributed by atoms with Crippen molar-refractivity contribution in [1.82, 2.24) is 0 Å². The fourth-order valence-corrected chi connectivity index (χ4v) is 4.23. The Morgan fingerprint density at radius 3 is 2.47 bits per heavy atom. The molecule has 1 heterocycles. The number of nitrogens with zero attached hydrogens (tertiary/aromatic N) is 1. The summed E-state index contributed by atoms with van der Waals surface area (Å²) < 4.78 is 41.6. The summed E-state index contributed by atoms with van der Waals surface area (Å²) in [6, 6.07) is 9.77. The van der Waals surface area contributed by atoms with Crippen molar-refractivity contribution in [3.8, 4) is 11.5 Å². The van der Waals surface area contributed by atoms with Crippen LogP contribution in [0.1, 0.15) is 17.3 Å². The zero-order valence-corrected chi connectivity index (χ0v) is 17.6. The van der Waals surface area contributed by atoms with E-state index in [0.29, 0.717) is 30.4 Å². The van der Waals surface area contributed by atoms with Crippen LogP contribution in [0.15, 0.2) is 42.5 Å². The molecule has 0 fully saturated rings. The molecule has 160 valence electrons. The van der Waals surface area contributed by atoms with Crippen LogP contribution in [-0.2, 0) is 19.6 Å². The summed E-state index contributed by atoms with van der Waals surface area (Å²) in [6.07, 6.45) is 1.02. The minimum atomic E-state index is -3.80. The van der Waals surface area contributed by atoms with E-state index in [9.17, 15) is 18.0 Å². The van der Waals surface area contributed by atoms with Crippen molar-refractivity contribution in [2.24, 2.45) is 0 Å². The second-order valence-electron chi connectivity index (χ2n) is 6.62. The number of hydrogen-bond donors (Lipinski definition) is 1. The average Bonchev–Trinajstić information content (AvgIpc) is 2.72. The summed E-state index contributed by atoms with van der Waals surface area (Å²) in [4.78, 5) is 24.5. The lowest BCUT2D eigenvalue weighted by atomic mass is 10.2. The number of methoxy groups -OCH3 is 1. The van der Waals surface area contributed by atoms with Crippen molar-refractivity contribution >= 4 is 33.3 Å². The Hall–Kier alpha value is -3.27. The number of anilines is 2. The quantitative estimate of drug-likeness (QED) is 0.693. The van der Waals surface area contributed by atoms with Gasteiger partial charge in [-0.15, -0.1) is 0 Å². The number of benzene rings is 2. The molecule has 10 heteroatoms. The normalized spacial score (nSPS) is 13.8. The van der Waals surface area contributed by atoms with Crippen molar-refractivity contribution in [3.05, 3.63) is 48.0 Å². The molecule has 0 radical (unpaired) electrons. The van der Waals surface area contributed by atoms with E-state index in [1.54, 1.807) is 30.3 Å². The van der Waals surface area contributed by atoms with Gasteiger partial charge in [0.15, 0.2) is 11.5 Å². The van der Waals surface area contributed by atoms with Gasteiger partial charge in [0.25, 0.3) is 0 Å². The highest BCUT2D eigenvalue weighted by atomic mass is 32.2. The monoisotopic (exact) mass is 434 g/mol. The molecule has 1 aliphatic rings. The number of carbonyl (C=O) groups is 2. The van der Waals surface area contributed by atoms with E-state index in [1.807, 2.05) is 0 Å². The molecular formula is C20H22N2O7S. The molecule has 9 nitrogen and oxygen atoms in total. The fraction of sp³-hybridized carbons (Fsp3) is 0.300. The fourth-order valence-electron chi connectivity index (χ4n) is 3.07. The second kappa shape index (κ2) is 8.62. The highest BCUT2D eigenvalue weighted by molar-refractivity contribution is 7.92. The van der Waals surface area contributed by atoms with Gasteiger partial charge in [-0.05, 0) is 37.3 Å². The minimum absolute atomic E-state index is 0.259. The van der Waals surface area contributed by atoms with Crippen molar-refractivity contribution < 1.29 is 32.2 Å². The first-order valence-electron chi connectivity index (χ1n) is 9.09. The van der Waals surface area contributed by atoms with E-state index in [2.05, 4.69) is 10.1 Å². The van der Waals surface area contributed by atoms with Crippen molar-refractivity contribution in [1.29, 1.82) is 0 Å². The number of rotatable bonds is 6. The van der Waals surface area contributed by atoms with Gasteiger partial charge in [-0.25, -0.2) is 13.2 Å². The lowest BCUT2D eigenvalue weighted by Gasteiger charge is -2.29. The Kier molecular flexibility index (Phi) is 6.16. The third-order valence-electron chi connectivity index (χ3n) is 4.42. The van der Waals surface area contributed by atoms with Crippen LogP contribution in [0, 0.1) is 0 Å². The molecule has 1 amide bonds. The zero-order chi connectivity index (χ0) is 21.9. The number of esters is 1. The third-order valence-corrected chi connectivity index (χ3v) is 5.66. The summed E-state index contributed by atoms with van der Waals surface area (Å²) in [5.41, 5.74) is 0.868. The number of ether oxygens (including phenoxy) is 3. The molecule has 1 aliphatic heterocycles. The van der Waals surface area contributed by atoms with E-state index in [-0.39, 0.29) is 11.3 Å². The highest BCUT2D eigenvalue weighted by Crippen LogP contribution is 2.35. The first-order valence-corrected chi connectivity index (χ1v) is 10.9. The third kappa shape index (κ3) is 4.65. The summed E-state index contributed by atoms with van der Waals surface area (Å²) in [6.45, 7) is 2.23. The number of fused-ring (bicyclic) bond motifs is 1. The predicted molar refractivity (Wildman–Crippen MR) is 111 cm³/mol. The molecule has 0 saturated carbocycles. The van der Waals surface area contributed by atoms with E-state index in [1.165, 1.54) is 26.2 Å². The maximum atomic E-state index is 12.8. The first kappa shape index (κ1) is 21.4. The van der Waals surface area contributed by atoms with E-state index in [4.69, 9.17) is 9.47 Å². The van der Waals surface area contributed by atoms with Crippen LogP contribution in [-0.4, -0.2) is 52.9 Å². The van der Waals surface area contributed by atoms with Crippen LogP contribution in [0.5, 0.6) is 11.5 Å². The van der Waals surface area contributed by atoms with Crippen molar-refractivity contribution in [3.63, 3.8) is 0 Å². The molecule has 30 heavy (non-hydrogen) atoms. The molecule has 3 rings (SSSR count). The SMILES string of the molecule is COC(=O)c1cccc(NC(=O)[C@@H](C)N(c2ccc3c(c2)OCCO3)S(C)(=O)=O)c1. The molecule has 0 aromatic heterocycles. The number of hydrogen-bond acceptors (Lipinski definition) is 7. The van der Waals surface area contributed by atoms with Gasteiger partial charge in [0, 0.05) is 11.8 Å². The lowest BCUT2D eigenvalue weighted by Crippen LogP contribution is -2.45. The summed E-state index contributed by atoms with van der Waals surface area (Å²) in [5.74, 6) is -0.202. The van der Waals surface area contributed by atoms with E-state index >= 15 is 0 Å². The molecule has 1 atom stereocenters. The lowest BCUT2D eigenvalue weighted by molar-refractivity contribution is -0.116. The Morgan fingerprint density at radius 1 is 1.10 bits per heavy atom. The molecule has 2 aromatic rings. The topological polar surface area (TPSA) is 111 Å². The maximum Gasteiger partial charge on any atom is 0.337 e. The number of amides is 1. The van der Waals surface area contributed by atoms with Gasteiger partial charge < -0.3 is 19.5 Å². The van der Waals surface area contributed by atoms with Gasteiger partial charge in [-0.2, -0.15) is 0 Å². The first-order chi connectivity index (χ1) is 14.2. The summed E-state index contributed by atoms with van der Waals surface area (Å²) in [7, 11) is -2.55. The maximum absolute atomic E-state index is 12.8. The minimum Gasteiger partial charge on any atom is -0.486 e. The summed E-state index contributed by atoms with van der Waals surface area (Å²) in [5, 5.41) is 2.64. The van der Waals surface area contributed by atoms with Gasteiger partial charge in [0.2, 0.25) is 15.9 Å². The molecule has 2 aromatic carbocycles. The standard InChI is InChI=1S/C20H22N2O7S/c1-13(19(23)21-15-6-4-5-14(11-15)20(24)27-2)22(30(3,25)26)16-7-8-17-18(12-16)29-10-9-28-17/h4-8,11-13H,9-10H2,1-3H3,(H,21,23)/t13-/m1/s1. The Morgan fingerprint density at radius 2 is 1.80 bits per heavy atom. The zero-order valence-electron chi connectivity index (χ0n) is 16.7. The Labute approximate surface area is 174 Å². The number of carbonyl (C=O) groups excluding carboxylic acids is 2. The van der Waals surface area contributed by atoms with Gasteiger partial charge in [0.05, 0.1) is 24.6 Å². The van der Waals surface area contributed by atoms with Crippen molar-refractivity contribution in [2.45, 2.75) is 13.0 Å². The molecule has 0 saturated heterocycles. The molecule has 1 N–H and O–H groups in total. The van der Waals surface area contributed by atoms with Gasteiger partial charge in [-0.1, -0.05) is 6.07 Å². The molecule has 0 bridgehead atoms. The Balaban J connectivity index is 1.87. The van der Waals surface area contributed by atoms with Gasteiger partial charge in [-0.3, -0.25) is 9.10 Å². The number of sulfonamides is 1. The van der Waals surface area contributed by atoms with Crippen LogP contribution >= 0.6 is 0 Å². The van der Waals surface area contributed by atoms with Gasteiger partial charge >= 0.3 is 5.97 Å². The molecule has 0 aliphatic carbocycles. The number of nitrogens with one attached hydrogen (secondary N) is 1.